The van der Waals surface area contributed by atoms with Crippen LogP contribution in [-0.2, 0) is 0 Å². The minimum absolute atomic E-state index is 0.0334. The van der Waals surface area contributed by atoms with Gasteiger partial charge in [0.1, 0.15) is 11.6 Å². The molecule has 0 N–H and O–H groups in total. The Kier molecular flexibility index (Phi) is 4.42. The van der Waals surface area contributed by atoms with Crippen molar-refractivity contribution in [1.82, 2.24) is 0 Å². The number of carbonyl (C=O) groups excluding carboxylic acids is 1. The van der Waals surface area contributed by atoms with Crippen LogP contribution in [0.5, 0.6) is 5.75 Å². The number of halogens is 3. The lowest BCUT2D eigenvalue weighted by molar-refractivity contribution is -0.0498. The highest BCUT2D eigenvalue weighted by molar-refractivity contribution is 6.28. The summed E-state index contributed by atoms with van der Waals surface area (Å²) in [5.74, 6) is -0.813. The van der Waals surface area contributed by atoms with Gasteiger partial charge in [-0.15, -0.1) is 0 Å². The Balaban J connectivity index is 2.15. The first-order valence-corrected chi connectivity index (χ1v) is 6.02. The Labute approximate surface area is 119 Å². The summed E-state index contributed by atoms with van der Waals surface area (Å²) in [5.41, 5.74) is 0.970. The lowest BCUT2D eigenvalue weighted by Gasteiger charge is -2.07. The number of carbonyl (C=O) groups is 1. The third-order valence-corrected chi connectivity index (χ3v) is 2.81. The Hall–Kier alpha value is -2.56. The number of rotatable bonds is 5. The molecule has 21 heavy (non-hydrogen) atoms. The standard InChI is InChI=1S/C16H11F3O2/c1-10(11-2-6-13(17)7-3-11)15(20)12-4-8-14(9-5-12)21-16(18)19/h2-9,16H,1H2. The van der Waals surface area contributed by atoms with Crippen LogP contribution in [0.2, 0.25) is 0 Å². The molecule has 0 aliphatic carbocycles. The van der Waals surface area contributed by atoms with Gasteiger partial charge in [-0.1, -0.05) is 18.7 Å². The number of Topliss-reactive ketones (excluding diaryl/α,β-unsaturated/α-hetero) is 1. The van der Waals surface area contributed by atoms with E-state index < -0.39 is 12.4 Å². The Morgan fingerprint density at radius 3 is 2.00 bits per heavy atom. The van der Waals surface area contributed by atoms with Gasteiger partial charge in [0.2, 0.25) is 0 Å². The second-order valence-corrected chi connectivity index (χ2v) is 4.22. The number of ketones is 1. The minimum atomic E-state index is -2.92. The van der Waals surface area contributed by atoms with Crippen molar-refractivity contribution in [3.8, 4) is 5.75 Å². The SMILES string of the molecule is C=C(C(=O)c1ccc(OC(F)F)cc1)c1ccc(F)cc1. The zero-order valence-corrected chi connectivity index (χ0v) is 10.9. The van der Waals surface area contributed by atoms with Gasteiger partial charge in [-0.3, -0.25) is 4.79 Å². The molecular formula is C16H11F3O2. The van der Waals surface area contributed by atoms with Crippen molar-refractivity contribution in [2.75, 3.05) is 0 Å². The summed E-state index contributed by atoms with van der Waals surface area (Å²) < 4.78 is 41.1. The second kappa shape index (κ2) is 6.26. The van der Waals surface area contributed by atoms with Crippen molar-refractivity contribution in [1.29, 1.82) is 0 Å². The van der Waals surface area contributed by atoms with Crippen LogP contribution in [0.1, 0.15) is 15.9 Å². The molecule has 0 aliphatic heterocycles. The van der Waals surface area contributed by atoms with E-state index in [4.69, 9.17) is 0 Å². The van der Waals surface area contributed by atoms with E-state index in [1.807, 2.05) is 0 Å². The number of ether oxygens (including phenoxy) is 1. The van der Waals surface area contributed by atoms with Crippen LogP contribution in [0.15, 0.2) is 55.1 Å². The number of alkyl halides is 2. The first-order chi connectivity index (χ1) is 9.97. The van der Waals surface area contributed by atoms with Crippen LogP contribution in [-0.4, -0.2) is 12.4 Å². The lowest BCUT2D eigenvalue weighted by atomic mass is 9.98. The quantitative estimate of drug-likeness (QED) is 0.606. The van der Waals surface area contributed by atoms with E-state index in [0.29, 0.717) is 5.56 Å². The molecule has 2 nitrogen and oxygen atoms in total. The number of benzene rings is 2. The summed E-state index contributed by atoms with van der Waals surface area (Å²) in [6.45, 7) is 0.763. The average Bonchev–Trinajstić information content (AvgIpc) is 2.47. The van der Waals surface area contributed by atoms with Crippen molar-refractivity contribution < 1.29 is 22.7 Å². The second-order valence-electron chi connectivity index (χ2n) is 4.22. The van der Waals surface area contributed by atoms with Crippen LogP contribution in [0, 0.1) is 5.82 Å². The minimum Gasteiger partial charge on any atom is -0.435 e. The highest BCUT2D eigenvalue weighted by Gasteiger charge is 2.13. The van der Waals surface area contributed by atoms with Crippen molar-refractivity contribution in [3.05, 3.63) is 72.1 Å². The van der Waals surface area contributed by atoms with E-state index in [-0.39, 0.29) is 22.7 Å². The summed E-state index contributed by atoms with van der Waals surface area (Å²) in [6.07, 6.45) is 0. The maximum absolute atomic E-state index is 12.8. The maximum Gasteiger partial charge on any atom is 0.387 e. The molecule has 0 saturated heterocycles. The third kappa shape index (κ3) is 3.72. The van der Waals surface area contributed by atoms with Gasteiger partial charge in [-0.2, -0.15) is 8.78 Å². The van der Waals surface area contributed by atoms with Crippen molar-refractivity contribution in [2.24, 2.45) is 0 Å². The summed E-state index contributed by atoms with van der Waals surface area (Å²) >= 11 is 0. The van der Waals surface area contributed by atoms with Crippen molar-refractivity contribution in [2.45, 2.75) is 6.61 Å². The summed E-state index contributed by atoms with van der Waals surface area (Å²) in [7, 11) is 0. The first kappa shape index (κ1) is 14.8. The molecule has 2 rings (SSSR count). The molecule has 5 heteroatoms. The molecule has 2 aromatic carbocycles. The van der Waals surface area contributed by atoms with Crippen LogP contribution in [0.4, 0.5) is 13.2 Å². The normalized spacial score (nSPS) is 10.5. The Bertz CT molecular complexity index is 646. The van der Waals surface area contributed by atoms with Crippen LogP contribution < -0.4 is 4.74 Å². The van der Waals surface area contributed by atoms with E-state index in [0.717, 1.165) is 0 Å². The molecule has 0 fully saturated rings. The van der Waals surface area contributed by atoms with Gasteiger partial charge in [0.25, 0.3) is 0 Å². The van der Waals surface area contributed by atoms with E-state index in [9.17, 15) is 18.0 Å². The number of hydrogen-bond donors (Lipinski definition) is 0. The lowest BCUT2D eigenvalue weighted by Crippen LogP contribution is -2.04. The van der Waals surface area contributed by atoms with Gasteiger partial charge in [0.15, 0.2) is 5.78 Å². The molecule has 108 valence electrons. The van der Waals surface area contributed by atoms with E-state index in [1.165, 1.54) is 48.5 Å². The molecule has 0 radical (unpaired) electrons. The topological polar surface area (TPSA) is 26.3 Å². The average molecular weight is 292 g/mol. The van der Waals surface area contributed by atoms with E-state index >= 15 is 0 Å². The van der Waals surface area contributed by atoms with Gasteiger partial charge in [0.05, 0.1) is 0 Å². The fourth-order valence-corrected chi connectivity index (χ4v) is 1.74. The van der Waals surface area contributed by atoms with Gasteiger partial charge < -0.3 is 4.74 Å². The first-order valence-electron chi connectivity index (χ1n) is 6.02. The Morgan fingerprint density at radius 1 is 0.952 bits per heavy atom. The molecule has 0 heterocycles. The van der Waals surface area contributed by atoms with Gasteiger partial charge in [-0.25, -0.2) is 4.39 Å². The summed E-state index contributed by atoms with van der Waals surface area (Å²) in [4.78, 5) is 12.2. The van der Waals surface area contributed by atoms with Crippen LogP contribution in [0.3, 0.4) is 0 Å². The molecule has 0 amide bonds. The predicted octanol–water partition coefficient (Wildman–Crippen LogP) is 4.32. The molecule has 0 atom stereocenters. The van der Waals surface area contributed by atoms with Crippen LogP contribution in [0.25, 0.3) is 5.57 Å². The Morgan fingerprint density at radius 2 is 1.48 bits per heavy atom. The largest absolute Gasteiger partial charge is 0.435 e. The highest BCUT2D eigenvalue weighted by Crippen LogP contribution is 2.21. The smallest absolute Gasteiger partial charge is 0.387 e. The zero-order valence-electron chi connectivity index (χ0n) is 10.9. The van der Waals surface area contributed by atoms with Gasteiger partial charge >= 0.3 is 6.61 Å². The molecule has 0 unspecified atom stereocenters. The molecular weight excluding hydrogens is 281 g/mol. The zero-order chi connectivity index (χ0) is 15.4. The fraction of sp³-hybridized carbons (Fsp3) is 0.0625. The van der Waals surface area contributed by atoms with E-state index in [1.54, 1.807) is 0 Å². The van der Waals surface area contributed by atoms with Crippen molar-refractivity contribution in [3.63, 3.8) is 0 Å². The summed E-state index contributed by atoms with van der Waals surface area (Å²) in [5, 5.41) is 0. The monoisotopic (exact) mass is 292 g/mol. The molecule has 0 saturated carbocycles. The van der Waals surface area contributed by atoms with Gasteiger partial charge in [0, 0.05) is 11.1 Å². The fourth-order valence-electron chi connectivity index (χ4n) is 1.74. The molecule has 0 bridgehead atoms. The third-order valence-electron chi connectivity index (χ3n) is 2.81. The van der Waals surface area contributed by atoms with Crippen molar-refractivity contribution >= 4 is 11.4 Å². The summed E-state index contributed by atoms with van der Waals surface area (Å²) in [6, 6.07) is 10.6. The highest BCUT2D eigenvalue weighted by atomic mass is 19.3. The number of allylic oxidation sites excluding steroid dienone is 1. The molecule has 2 aromatic rings. The molecule has 0 aromatic heterocycles. The predicted molar refractivity (Wildman–Crippen MR) is 72.8 cm³/mol. The number of hydrogen-bond acceptors (Lipinski definition) is 2. The van der Waals surface area contributed by atoms with Crippen LogP contribution >= 0.6 is 0 Å². The van der Waals surface area contributed by atoms with E-state index in [2.05, 4.69) is 11.3 Å². The molecule has 0 spiro atoms. The maximum atomic E-state index is 12.8. The molecule has 0 aliphatic rings. The van der Waals surface area contributed by atoms with Gasteiger partial charge in [-0.05, 0) is 42.0 Å².